The van der Waals surface area contributed by atoms with Crippen molar-refractivity contribution in [2.45, 2.75) is 20.8 Å². The summed E-state index contributed by atoms with van der Waals surface area (Å²) in [6.45, 7) is 5.02. The van der Waals surface area contributed by atoms with E-state index in [2.05, 4.69) is 28.1 Å². The van der Waals surface area contributed by atoms with E-state index >= 15 is 0 Å². The zero-order valence-electron chi connectivity index (χ0n) is 7.68. The van der Waals surface area contributed by atoms with E-state index in [1.807, 2.05) is 0 Å². The molecule has 11 heavy (non-hydrogen) atoms. The number of hydrogen-bond donors (Lipinski definition) is 0. The topological polar surface area (TPSA) is 9.23 Å². The van der Waals surface area contributed by atoms with Crippen molar-refractivity contribution in [2.75, 3.05) is 40.9 Å². The van der Waals surface area contributed by atoms with Crippen LogP contribution in [0, 0.1) is 0 Å². The highest BCUT2D eigenvalue weighted by atomic mass is 16.5. The lowest BCUT2D eigenvalue weighted by Crippen LogP contribution is -2.37. The van der Waals surface area contributed by atoms with Crippen molar-refractivity contribution in [2.24, 2.45) is 0 Å². The molecule has 0 aliphatic carbocycles. The van der Waals surface area contributed by atoms with E-state index in [1.54, 1.807) is 0 Å². The normalized spacial score (nSPS) is 10.9. The molecule has 0 aliphatic heterocycles. The van der Waals surface area contributed by atoms with Crippen LogP contribution in [0.2, 0.25) is 0 Å². The molecule has 0 radical (unpaired) electrons. The van der Waals surface area contributed by atoms with Gasteiger partial charge in [0.15, 0.2) is 0 Å². The Kier molecular flexibility index (Phi) is 8.13. The van der Waals surface area contributed by atoms with Crippen molar-refractivity contribution in [3.8, 4) is 0 Å². The Labute approximate surface area is 71.7 Å². The fourth-order valence-corrected chi connectivity index (χ4v) is 0.585. The van der Waals surface area contributed by atoms with Crippen LogP contribution in [0.25, 0.3) is 0 Å². The predicted molar refractivity (Wildman–Crippen MR) is 50.7 cm³/mol. The molecule has 0 saturated heterocycles. The Morgan fingerprint density at radius 1 is 1.09 bits per heavy atom. The van der Waals surface area contributed by atoms with E-state index < -0.39 is 0 Å². The standard InChI is InChI=1S/C8H20NO.CH4/c1-5-7-10-8-6-9(2,3)4;/h5-8H2,1-4H3;1H4/q+1;. The van der Waals surface area contributed by atoms with Gasteiger partial charge in [-0.3, -0.25) is 0 Å². The molecule has 0 fully saturated rings. The van der Waals surface area contributed by atoms with Crippen molar-refractivity contribution < 1.29 is 9.22 Å². The average Bonchev–Trinajstić information content (AvgIpc) is 1.78. The van der Waals surface area contributed by atoms with Crippen LogP contribution in [-0.4, -0.2) is 45.4 Å². The molecule has 0 heterocycles. The molecule has 0 aliphatic rings. The summed E-state index contributed by atoms with van der Waals surface area (Å²) in [6.07, 6.45) is 1.12. The fourth-order valence-electron chi connectivity index (χ4n) is 0.585. The monoisotopic (exact) mass is 162 g/mol. The molecule has 0 spiro atoms. The van der Waals surface area contributed by atoms with Gasteiger partial charge in [0.2, 0.25) is 0 Å². The van der Waals surface area contributed by atoms with Gasteiger partial charge in [-0.05, 0) is 6.42 Å². The molecule has 0 N–H and O–H groups in total. The largest absolute Gasteiger partial charge is 0.376 e. The second-order valence-electron chi connectivity index (χ2n) is 3.63. The highest BCUT2D eigenvalue weighted by Gasteiger charge is 2.04. The van der Waals surface area contributed by atoms with Gasteiger partial charge in [0, 0.05) is 6.61 Å². The van der Waals surface area contributed by atoms with E-state index in [9.17, 15) is 0 Å². The van der Waals surface area contributed by atoms with Crippen molar-refractivity contribution in [1.82, 2.24) is 0 Å². The van der Waals surface area contributed by atoms with Gasteiger partial charge in [-0.1, -0.05) is 14.4 Å². The van der Waals surface area contributed by atoms with Gasteiger partial charge in [0.05, 0.1) is 27.7 Å². The maximum Gasteiger partial charge on any atom is 0.102 e. The van der Waals surface area contributed by atoms with E-state index in [0.29, 0.717) is 0 Å². The summed E-state index contributed by atoms with van der Waals surface area (Å²) >= 11 is 0. The van der Waals surface area contributed by atoms with Crippen molar-refractivity contribution in [3.05, 3.63) is 0 Å². The summed E-state index contributed by atoms with van der Waals surface area (Å²) in [5.74, 6) is 0. The van der Waals surface area contributed by atoms with Gasteiger partial charge in [-0.2, -0.15) is 0 Å². The maximum atomic E-state index is 5.34. The molecule has 2 nitrogen and oxygen atoms in total. The SMILES string of the molecule is C.CCCOCC[N+](C)(C)C. The molecule has 0 unspecified atom stereocenters. The molecule has 2 heteroatoms. The van der Waals surface area contributed by atoms with Crippen molar-refractivity contribution >= 4 is 0 Å². The van der Waals surface area contributed by atoms with Crippen LogP contribution in [-0.2, 0) is 4.74 Å². The molecule has 70 valence electrons. The lowest BCUT2D eigenvalue weighted by atomic mass is 10.5. The predicted octanol–water partition coefficient (Wildman–Crippen LogP) is 1.76. The fraction of sp³-hybridized carbons (Fsp3) is 1.00. The third-order valence-corrected chi connectivity index (χ3v) is 1.25. The quantitative estimate of drug-likeness (QED) is 0.442. The van der Waals surface area contributed by atoms with Crippen LogP contribution >= 0.6 is 0 Å². The third-order valence-electron chi connectivity index (χ3n) is 1.25. The van der Waals surface area contributed by atoms with Crippen LogP contribution in [0.3, 0.4) is 0 Å². The smallest absolute Gasteiger partial charge is 0.102 e. The Hall–Kier alpha value is -0.0800. The Morgan fingerprint density at radius 2 is 1.64 bits per heavy atom. The summed E-state index contributed by atoms with van der Waals surface area (Å²) in [6, 6.07) is 0. The maximum absolute atomic E-state index is 5.34. The Balaban J connectivity index is 0. The summed E-state index contributed by atoms with van der Waals surface area (Å²) in [5, 5.41) is 0. The molecule has 0 aromatic rings. The van der Waals surface area contributed by atoms with Crippen molar-refractivity contribution in [1.29, 1.82) is 0 Å². The molecule has 0 bridgehead atoms. The molecule has 0 atom stereocenters. The van der Waals surface area contributed by atoms with E-state index in [0.717, 1.165) is 30.7 Å². The first kappa shape index (κ1) is 13.5. The van der Waals surface area contributed by atoms with Crippen LogP contribution in [0.15, 0.2) is 0 Å². The highest BCUT2D eigenvalue weighted by molar-refractivity contribution is 4.29. The molecule has 0 rings (SSSR count). The number of nitrogens with zero attached hydrogens (tertiary/aromatic N) is 1. The highest BCUT2D eigenvalue weighted by Crippen LogP contribution is 1.89. The van der Waals surface area contributed by atoms with Crippen LogP contribution < -0.4 is 0 Å². The summed E-state index contributed by atoms with van der Waals surface area (Å²) < 4.78 is 6.33. The molecule has 0 aromatic heterocycles. The van der Waals surface area contributed by atoms with Gasteiger partial charge in [0.25, 0.3) is 0 Å². The second kappa shape index (κ2) is 6.62. The van der Waals surface area contributed by atoms with Crippen LogP contribution in [0.4, 0.5) is 0 Å². The Morgan fingerprint density at radius 3 is 2.00 bits per heavy atom. The number of quaternary nitrogens is 1. The minimum Gasteiger partial charge on any atom is -0.376 e. The number of hydrogen-bond acceptors (Lipinski definition) is 1. The summed E-state index contributed by atoms with van der Waals surface area (Å²) in [5.41, 5.74) is 0. The second-order valence-corrected chi connectivity index (χ2v) is 3.63. The van der Waals surface area contributed by atoms with Crippen LogP contribution in [0.1, 0.15) is 20.8 Å². The molecule has 0 saturated carbocycles. The zero-order chi connectivity index (χ0) is 8.04. The molecule has 0 aromatic carbocycles. The molecular formula is C9H24NO+. The minimum atomic E-state index is 0. The van der Waals surface area contributed by atoms with Gasteiger partial charge in [0.1, 0.15) is 6.54 Å². The number of ether oxygens (including phenoxy) is 1. The summed E-state index contributed by atoms with van der Waals surface area (Å²) in [7, 11) is 6.53. The summed E-state index contributed by atoms with van der Waals surface area (Å²) in [4.78, 5) is 0. The van der Waals surface area contributed by atoms with Crippen molar-refractivity contribution in [3.63, 3.8) is 0 Å². The van der Waals surface area contributed by atoms with E-state index in [-0.39, 0.29) is 7.43 Å². The van der Waals surface area contributed by atoms with E-state index in [1.165, 1.54) is 0 Å². The zero-order valence-corrected chi connectivity index (χ0v) is 7.68. The first-order chi connectivity index (χ1) is 4.56. The minimum absolute atomic E-state index is 0. The van der Waals surface area contributed by atoms with Gasteiger partial charge in [-0.25, -0.2) is 0 Å². The first-order valence-corrected chi connectivity index (χ1v) is 3.94. The Bertz CT molecular complexity index is 76.1. The number of rotatable bonds is 5. The third kappa shape index (κ3) is 13.0. The van der Waals surface area contributed by atoms with Gasteiger partial charge in [-0.15, -0.1) is 0 Å². The molecule has 0 amide bonds. The molecular weight excluding hydrogens is 138 g/mol. The van der Waals surface area contributed by atoms with Gasteiger partial charge >= 0.3 is 0 Å². The van der Waals surface area contributed by atoms with E-state index in [4.69, 9.17) is 4.74 Å². The average molecular weight is 162 g/mol. The first-order valence-electron chi connectivity index (χ1n) is 3.94. The lowest BCUT2D eigenvalue weighted by molar-refractivity contribution is -0.870. The lowest BCUT2D eigenvalue weighted by Gasteiger charge is -2.23. The van der Waals surface area contributed by atoms with Crippen LogP contribution in [0.5, 0.6) is 0 Å². The van der Waals surface area contributed by atoms with Gasteiger partial charge < -0.3 is 9.22 Å². The number of likely N-dealkylation sites (N-methyl/N-ethyl adjacent to an activating group) is 1.